The highest BCUT2D eigenvalue weighted by atomic mass is 16.3. The SMILES string of the molecule is Cc1ccccc1-c1nc2n(CC(=O)N(C)CCO)c(C)cc(=O)n2n1. The molecular formula is C18H21N5O3. The molecule has 26 heavy (non-hydrogen) atoms. The minimum atomic E-state index is -0.294. The van der Waals surface area contributed by atoms with Crippen LogP contribution in [0.25, 0.3) is 17.2 Å². The molecule has 3 aromatic rings. The van der Waals surface area contributed by atoms with Gasteiger partial charge in [-0.05, 0) is 19.4 Å². The maximum Gasteiger partial charge on any atom is 0.275 e. The molecule has 136 valence electrons. The van der Waals surface area contributed by atoms with Gasteiger partial charge in [0.25, 0.3) is 5.56 Å². The number of likely N-dealkylation sites (N-methyl/N-ethyl adjacent to an activating group) is 1. The summed E-state index contributed by atoms with van der Waals surface area (Å²) >= 11 is 0. The zero-order valence-corrected chi connectivity index (χ0v) is 15.0. The molecule has 2 aromatic heterocycles. The number of fused-ring (bicyclic) bond motifs is 1. The van der Waals surface area contributed by atoms with Crippen LogP contribution in [0.4, 0.5) is 0 Å². The zero-order valence-electron chi connectivity index (χ0n) is 15.0. The standard InChI is InChI=1S/C18H21N5O3/c1-12-6-4-5-7-14(12)17-19-18-22(11-16(26)21(3)8-9-24)13(2)10-15(25)23(18)20-17/h4-7,10,24H,8-9,11H2,1-3H3. The number of hydrogen-bond donors (Lipinski definition) is 1. The molecule has 8 nitrogen and oxygen atoms in total. The molecule has 0 fully saturated rings. The van der Waals surface area contributed by atoms with Crippen LogP contribution in [0.15, 0.2) is 35.1 Å². The second kappa shape index (κ2) is 7.09. The van der Waals surface area contributed by atoms with Crippen molar-refractivity contribution in [1.82, 2.24) is 24.1 Å². The third-order valence-electron chi connectivity index (χ3n) is 4.34. The maximum atomic E-state index is 12.4. The van der Waals surface area contributed by atoms with Gasteiger partial charge in [-0.3, -0.25) is 9.59 Å². The number of amides is 1. The summed E-state index contributed by atoms with van der Waals surface area (Å²) in [6.45, 7) is 3.85. The average molecular weight is 355 g/mol. The Morgan fingerprint density at radius 1 is 1.27 bits per heavy atom. The molecule has 0 saturated heterocycles. The number of hydrogen-bond acceptors (Lipinski definition) is 5. The van der Waals surface area contributed by atoms with Crippen molar-refractivity contribution in [2.45, 2.75) is 20.4 Å². The van der Waals surface area contributed by atoms with Crippen LogP contribution in [0.1, 0.15) is 11.3 Å². The van der Waals surface area contributed by atoms with Crippen LogP contribution in [-0.2, 0) is 11.3 Å². The first-order valence-corrected chi connectivity index (χ1v) is 8.30. The highest BCUT2D eigenvalue weighted by molar-refractivity contribution is 5.76. The van der Waals surface area contributed by atoms with E-state index >= 15 is 0 Å². The Labute approximate surface area is 150 Å². The van der Waals surface area contributed by atoms with Crippen molar-refractivity contribution < 1.29 is 9.90 Å². The monoisotopic (exact) mass is 355 g/mol. The van der Waals surface area contributed by atoms with Gasteiger partial charge in [0.15, 0.2) is 5.82 Å². The van der Waals surface area contributed by atoms with Gasteiger partial charge in [-0.2, -0.15) is 9.50 Å². The van der Waals surface area contributed by atoms with Gasteiger partial charge in [0.2, 0.25) is 11.7 Å². The van der Waals surface area contributed by atoms with Crippen LogP contribution < -0.4 is 5.56 Å². The largest absolute Gasteiger partial charge is 0.395 e. The van der Waals surface area contributed by atoms with Gasteiger partial charge >= 0.3 is 0 Å². The molecule has 0 aliphatic heterocycles. The van der Waals surface area contributed by atoms with Gasteiger partial charge in [0, 0.05) is 30.9 Å². The minimum absolute atomic E-state index is 0.0119. The Morgan fingerprint density at radius 3 is 2.69 bits per heavy atom. The predicted octanol–water partition coefficient (Wildman–Crippen LogP) is 0.626. The average Bonchev–Trinajstić information content (AvgIpc) is 3.04. The van der Waals surface area contributed by atoms with Gasteiger partial charge in [-0.1, -0.05) is 24.3 Å². The van der Waals surface area contributed by atoms with Crippen molar-refractivity contribution in [3.05, 3.63) is 51.9 Å². The molecule has 3 rings (SSSR count). The van der Waals surface area contributed by atoms with E-state index in [0.717, 1.165) is 11.1 Å². The van der Waals surface area contributed by atoms with Crippen LogP contribution in [0, 0.1) is 13.8 Å². The summed E-state index contributed by atoms with van der Waals surface area (Å²) in [5, 5.41) is 13.3. The second-order valence-electron chi connectivity index (χ2n) is 6.21. The van der Waals surface area contributed by atoms with Crippen LogP contribution in [0.3, 0.4) is 0 Å². The van der Waals surface area contributed by atoms with Gasteiger partial charge in [0.1, 0.15) is 6.54 Å². The lowest BCUT2D eigenvalue weighted by atomic mass is 10.1. The Hall–Kier alpha value is -3.00. The first-order chi connectivity index (χ1) is 12.4. The van der Waals surface area contributed by atoms with Gasteiger partial charge in [-0.25, -0.2) is 0 Å². The summed E-state index contributed by atoms with van der Waals surface area (Å²) in [7, 11) is 1.62. The lowest BCUT2D eigenvalue weighted by Crippen LogP contribution is -2.34. The summed E-state index contributed by atoms with van der Waals surface area (Å²) in [6, 6.07) is 9.09. The number of aliphatic hydroxyl groups is 1. The molecule has 8 heteroatoms. The molecule has 0 radical (unpaired) electrons. The fourth-order valence-electron chi connectivity index (χ4n) is 2.77. The molecule has 0 unspecified atom stereocenters. The van der Waals surface area contributed by atoms with Crippen LogP contribution in [-0.4, -0.2) is 55.3 Å². The smallest absolute Gasteiger partial charge is 0.275 e. The van der Waals surface area contributed by atoms with E-state index in [1.54, 1.807) is 18.5 Å². The van der Waals surface area contributed by atoms with Gasteiger partial charge < -0.3 is 14.6 Å². The topological polar surface area (TPSA) is 92.7 Å². The van der Waals surface area contributed by atoms with E-state index < -0.39 is 0 Å². The Balaban J connectivity index is 2.11. The van der Waals surface area contributed by atoms with E-state index in [0.29, 0.717) is 17.3 Å². The van der Waals surface area contributed by atoms with Crippen molar-refractivity contribution in [3.8, 4) is 11.4 Å². The summed E-state index contributed by atoms with van der Waals surface area (Å²) < 4.78 is 2.88. The highest BCUT2D eigenvalue weighted by Crippen LogP contribution is 2.20. The number of aromatic nitrogens is 4. The summed E-state index contributed by atoms with van der Waals surface area (Å²) in [6.07, 6.45) is 0. The molecule has 0 spiro atoms. The number of nitrogens with zero attached hydrogens (tertiary/aromatic N) is 5. The first-order valence-electron chi connectivity index (χ1n) is 8.30. The molecule has 0 aliphatic carbocycles. The van der Waals surface area contributed by atoms with E-state index in [4.69, 9.17) is 5.11 Å². The van der Waals surface area contributed by atoms with Crippen molar-refractivity contribution in [1.29, 1.82) is 0 Å². The molecule has 0 saturated carbocycles. The van der Waals surface area contributed by atoms with Crippen molar-refractivity contribution >= 4 is 11.7 Å². The van der Waals surface area contributed by atoms with E-state index in [1.165, 1.54) is 15.5 Å². The molecule has 1 amide bonds. The fourth-order valence-corrected chi connectivity index (χ4v) is 2.77. The van der Waals surface area contributed by atoms with Crippen LogP contribution in [0.5, 0.6) is 0 Å². The number of aryl methyl sites for hydroxylation is 2. The van der Waals surface area contributed by atoms with Crippen molar-refractivity contribution in [2.75, 3.05) is 20.2 Å². The fraction of sp³-hybridized carbons (Fsp3) is 0.333. The molecule has 0 atom stereocenters. The number of aliphatic hydroxyl groups excluding tert-OH is 1. The Morgan fingerprint density at radius 2 is 2.00 bits per heavy atom. The van der Waals surface area contributed by atoms with Gasteiger partial charge in [0.05, 0.1) is 6.61 Å². The van der Waals surface area contributed by atoms with Gasteiger partial charge in [-0.15, -0.1) is 5.10 Å². The number of benzene rings is 1. The second-order valence-corrected chi connectivity index (χ2v) is 6.21. The lowest BCUT2D eigenvalue weighted by Gasteiger charge is -2.18. The quantitative estimate of drug-likeness (QED) is 0.724. The molecule has 0 aliphatic rings. The van der Waals surface area contributed by atoms with Crippen molar-refractivity contribution in [3.63, 3.8) is 0 Å². The summed E-state index contributed by atoms with van der Waals surface area (Å²) in [5.74, 6) is 0.572. The Bertz CT molecular complexity index is 1020. The molecule has 0 bridgehead atoms. The van der Waals surface area contributed by atoms with Crippen LogP contribution >= 0.6 is 0 Å². The highest BCUT2D eigenvalue weighted by Gasteiger charge is 2.17. The normalized spacial score (nSPS) is 11.1. The van der Waals surface area contributed by atoms with Crippen molar-refractivity contribution in [2.24, 2.45) is 0 Å². The Kier molecular flexibility index (Phi) is 4.85. The number of carbonyl (C=O) groups is 1. The zero-order chi connectivity index (χ0) is 18.8. The third kappa shape index (κ3) is 3.23. The summed E-state index contributed by atoms with van der Waals surface area (Å²) in [5.41, 5.74) is 2.16. The van der Waals surface area contributed by atoms with Crippen LogP contribution in [0.2, 0.25) is 0 Å². The van der Waals surface area contributed by atoms with E-state index in [-0.39, 0.29) is 31.2 Å². The molecule has 1 N–H and O–H groups in total. The minimum Gasteiger partial charge on any atom is -0.395 e. The van der Waals surface area contributed by atoms with E-state index in [2.05, 4.69) is 10.1 Å². The lowest BCUT2D eigenvalue weighted by molar-refractivity contribution is -0.130. The summed E-state index contributed by atoms with van der Waals surface area (Å²) in [4.78, 5) is 30.7. The number of rotatable bonds is 5. The molecule has 1 aromatic carbocycles. The predicted molar refractivity (Wildman–Crippen MR) is 96.9 cm³/mol. The molecular weight excluding hydrogens is 334 g/mol. The first kappa shape index (κ1) is 17.8. The van der Waals surface area contributed by atoms with E-state index in [9.17, 15) is 9.59 Å². The maximum absolute atomic E-state index is 12.4. The number of carbonyl (C=O) groups excluding carboxylic acids is 1. The third-order valence-corrected chi connectivity index (χ3v) is 4.34. The molecule has 2 heterocycles. The van der Waals surface area contributed by atoms with E-state index in [1.807, 2.05) is 31.2 Å².